The molecule has 0 bridgehead atoms. The van der Waals surface area contributed by atoms with Crippen LogP contribution in [0, 0.1) is 17.2 Å². The number of piperidine rings is 1. The average Bonchev–Trinajstić information content (AvgIpc) is 2.44. The maximum absolute atomic E-state index is 9.02. The third kappa shape index (κ3) is 3.09. The van der Waals surface area contributed by atoms with Crippen molar-refractivity contribution >= 4 is 0 Å². The molecule has 19 heavy (non-hydrogen) atoms. The molecule has 0 saturated carbocycles. The highest BCUT2D eigenvalue weighted by molar-refractivity contribution is 4.94. The Kier molecular flexibility index (Phi) is 4.04. The number of nitrogens with zero attached hydrogens (tertiary/aromatic N) is 3. The van der Waals surface area contributed by atoms with Crippen molar-refractivity contribution in [1.82, 2.24) is 9.80 Å². The second kappa shape index (κ2) is 5.76. The summed E-state index contributed by atoms with van der Waals surface area (Å²) in [7, 11) is 0. The molecule has 3 rings (SSSR count). The predicted molar refractivity (Wildman–Crippen MR) is 70.7 cm³/mol. The highest BCUT2D eigenvalue weighted by Crippen LogP contribution is 2.26. The molecule has 1 unspecified atom stereocenters. The van der Waals surface area contributed by atoms with Crippen LogP contribution in [0.2, 0.25) is 0 Å². The van der Waals surface area contributed by atoms with Crippen LogP contribution in [-0.2, 0) is 9.47 Å². The van der Waals surface area contributed by atoms with E-state index < -0.39 is 0 Å². The van der Waals surface area contributed by atoms with Crippen molar-refractivity contribution in [1.29, 1.82) is 5.26 Å². The van der Waals surface area contributed by atoms with Crippen LogP contribution < -0.4 is 0 Å². The normalized spacial score (nSPS) is 31.8. The number of hydrogen-bond acceptors (Lipinski definition) is 5. The van der Waals surface area contributed by atoms with Crippen LogP contribution in [0.25, 0.3) is 0 Å². The predicted octanol–water partition coefficient (Wildman–Crippen LogP) is 0.323. The number of ether oxygens (including phenoxy) is 2. The molecule has 3 aliphatic heterocycles. The quantitative estimate of drug-likeness (QED) is 0.735. The van der Waals surface area contributed by atoms with Gasteiger partial charge < -0.3 is 14.4 Å². The first kappa shape index (κ1) is 13.3. The van der Waals surface area contributed by atoms with E-state index in [0.29, 0.717) is 0 Å². The summed E-state index contributed by atoms with van der Waals surface area (Å²) in [6.07, 6.45) is 2.24. The Hall–Kier alpha value is -0.670. The van der Waals surface area contributed by atoms with Crippen molar-refractivity contribution in [2.24, 2.45) is 5.92 Å². The summed E-state index contributed by atoms with van der Waals surface area (Å²) in [6.45, 7) is 8.63. The SMILES string of the molecule is N#CC1CCCN(CCN2CCOC3(COC3)C2)C1. The van der Waals surface area contributed by atoms with E-state index in [1.807, 2.05) is 0 Å². The van der Waals surface area contributed by atoms with Gasteiger partial charge in [-0.15, -0.1) is 0 Å². The molecule has 5 heteroatoms. The summed E-state index contributed by atoms with van der Waals surface area (Å²) in [5.41, 5.74) is -0.00463. The van der Waals surface area contributed by atoms with E-state index in [0.717, 1.165) is 65.5 Å². The number of rotatable bonds is 3. The molecule has 1 spiro atoms. The van der Waals surface area contributed by atoms with E-state index in [2.05, 4.69) is 15.9 Å². The summed E-state index contributed by atoms with van der Waals surface area (Å²) >= 11 is 0. The number of morpholine rings is 1. The van der Waals surface area contributed by atoms with Gasteiger partial charge >= 0.3 is 0 Å². The summed E-state index contributed by atoms with van der Waals surface area (Å²) in [5, 5.41) is 9.02. The molecular weight excluding hydrogens is 242 g/mol. The average molecular weight is 265 g/mol. The van der Waals surface area contributed by atoms with E-state index in [1.165, 1.54) is 6.42 Å². The zero-order chi connectivity index (χ0) is 13.1. The standard InChI is InChI=1S/C14H23N3O2/c15-8-13-2-1-3-16(9-13)4-5-17-6-7-19-14(10-17)11-18-12-14/h13H,1-7,9-12H2. The molecule has 3 saturated heterocycles. The first-order chi connectivity index (χ1) is 9.30. The van der Waals surface area contributed by atoms with E-state index in [-0.39, 0.29) is 11.5 Å². The van der Waals surface area contributed by atoms with Gasteiger partial charge in [0, 0.05) is 32.7 Å². The topological polar surface area (TPSA) is 48.7 Å². The van der Waals surface area contributed by atoms with Gasteiger partial charge in [0.15, 0.2) is 0 Å². The minimum absolute atomic E-state index is 0.00463. The Morgan fingerprint density at radius 3 is 2.79 bits per heavy atom. The number of hydrogen-bond donors (Lipinski definition) is 0. The molecule has 0 radical (unpaired) electrons. The van der Waals surface area contributed by atoms with Crippen molar-refractivity contribution in [3.8, 4) is 6.07 Å². The molecule has 0 aromatic carbocycles. The lowest BCUT2D eigenvalue weighted by atomic mass is 9.99. The minimum Gasteiger partial charge on any atom is -0.375 e. The van der Waals surface area contributed by atoms with Gasteiger partial charge in [-0.25, -0.2) is 0 Å². The largest absolute Gasteiger partial charge is 0.375 e. The smallest absolute Gasteiger partial charge is 0.127 e. The fourth-order valence-corrected chi connectivity index (χ4v) is 3.27. The molecule has 3 fully saturated rings. The van der Waals surface area contributed by atoms with Gasteiger partial charge in [-0.05, 0) is 19.4 Å². The Bertz CT molecular complexity index is 351. The Balaban J connectivity index is 1.43. The van der Waals surface area contributed by atoms with Crippen LogP contribution >= 0.6 is 0 Å². The van der Waals surface area contributed by atoms with Crippen LogP contribution in [0.5, 0.6) is 0 Å². The van der Waals surface area contributed by atoms with E-state index in [9.17, 15) is 0 Å². The second-order valence-electron chi connectivity index (χ2n) is 6.07. The van der Waals surface area contributed by atoms with Gasteiger partial charge in [0.1, 0.15) is 5.60 Å². The van der Waals surface area contributed by atoms with Gasteiger partial charge in [-0.3, -0.25) is 4.90 Å². The maximum atomic E-state index is 9.02. The summed E-state index contributed by atoms with van der Waals surface area (Å²) in [4.78, 5) is 4.93. The van der Waals surface area contributed by atoms with Crippen LogP contribution in [-0.4, -0.2) is 74.5 Å². The molecule has 0 aliphatic carbocycles. The lowest BCUT2D eigenvalue weighted by Crippen LogP contribution is -2.63. The molecule has 0 amide bonds. The first-order valence-electron chi connectivity index (χ1n) is 7.36. The molecule has 3 aliphatic rings. The van der Waals surface area contributed by atoms with Crippen LogP contribution in [0.4, 0.5) is 0 Å². The lowest BCUT2D eigenvalue weighted by molar-refractivity contribution is -0.237. The minimum atomic E-state index is -0.00463. The molecule has 0 aromatic rings. The number of nitriles is 1. The highest BCUT2D eigenvalue weighted by atomic mass is 16.6. The van der Waals surface area contributed by atoms with E-state index in [4.69, 9.17) is 14.7 Å². The van der Waals surface area contributed by atoms with Crippen molar-refractivity contribution in [2.45, 2.75) is 18.4 Å². The summed E-state index contributed by atoms with van der Waals surface area (Å²) in [6, 6.07) is 2.41. The Morgan fingerprint density at radius 2 is 2.05 bits per heavy atom. The fourth-order valence-electron chi connectivity index (χ4n) is 3.27. The van der Waals surface area contributed by atoms with Crippen LogP contribution in [0.15, 0.2) is 0 Å². The first-order valence-corrected chi connectivity index (χ1v) is 7.36. The highest BCUT2D eigenvalue weighted by Gasteiger charge is 2.43. The molecule has 0 aromatic heterocycles. The fraction of sp³-hybridized carbons (Fsp3) is 0.929. The van der Waals surface area contributed by atoms with Gasteiger partial charge in [0.25, 0.3) is 0 Å². The van der Waals surface area contributed by atoms with Crippen molar-refractivity contribution in [3.05, 3.63) is 0 Å². The third-order valence-electron chi connectivity index (χ3n) is 4.48. The van der Waals surface area contributed by atoms with Gasteiger partial charge in [0.05, 0.1) is 31.8 Å². The monoisotopic (exact) mass is 265 g/mol. The number of likely N-dealkylation sites (tertiary alicyclic amines) is 1. The van der Waals surface area contributed by atoms with Crippen LogP contribution in [0.1, 0.15) is 12.8 Å². The molecule has 3 heterocycles. The van der Waals surface area contributed by atoms with Gasteiger partial charge in [0.2, 0.25) is 0 Å². The summed E-state index contributed by atoms with van der Waals surface area (Å²) in [5.74, 6) is 0.241. The van der Waals surface area contributed by atoms with Gasteiger partial charge in [-0.2, -0.15) is 5.26 Å². The van der Waals surface area contributed by atoms with Crippen molar-refractivity contribution in [3.63, 3.8) is 0 Å². The van der Waals surface area contributed by atoms with Crippen LogP contribution in [0.3, 0.4) is 0 Å². The molecule has 106 valence electrons. The summed E-state index contributed by atoms with van der Waals surface area (Å²) < 4.78 is 11.1. The Labute approximate surface area is 115 Å². The molecular formula is C14H23N3O2. The molecule has 0 N–H and O–H groups in total. The second-order valence-corrected chi connectivity index (χ2v) is 6.07. The molecule has 1 atom stereocenters. The van der Waals surface area contributed by atoms with Gasteiger partial charge in [-0.1, -0.05) is 0 Å². The van der Waals surface area contributed by atoms with E-state index in [1.54, 1.807) is 0 Å². The van der Waals surface area contributed by atoms with Crippen molar-refractivity contribution < 1.29 is 9.47 Å². The zero-order valence-electron chi connectivity index (χ0n) is 11.5. The third-order valence-corrected chi connectivity index (χ3v) is 4.48. The molecule has 5 nitrogen and oxygen atoms in total. The zero-order valence-corrected chi connectivity index (χ0v) is 11.5. The maximum Gasteiger partial charge on any atom is 0.127 e. The van der Waals surface area contributed by atoms with E-state index >= 15 is 0 Å². The lowest BCUT2D eigenvalue weighted by Gasteiger charge is -2.48. The Morgan fingerprint density at radius 1 is 1.21 bits per heavy atom. The van der Waals surface area contributed by atoms with Crippen molar-refractivity contribution in [2.75, 3.05) is 59.1 Å².